The second kappa shape index (κ2) is 12.5. The molecule has 3 rings (SSSR count). The fourth-order valence-electron chi connectivity index (χ4n) is 3.71. The van der Waals surface area contributed by atoms with Crippen molar-refractivity contribution < 1.29 is 22.4 Å². The van der Waals surface area contributed by atoms with Crippen LogP contribution in [0.1, 0.15) is 11.1 Å². The van der Waals surface area contributed by atoms with Gasteiger partial charge in [-0.25, -0.2) is 9.18 Å². The summed E-state index contributed by atoms with van der Waals surface area (Å²) in [6.45, 7) is 2.33. The second-order valence-electron chi connectivity index (χ2n) is 9.12. The maximum absolute atomic E-state index is 13.7. The molecule has 0 aliphatic heterocycles. The monoisotopic (exact) mass is 527 g/mol. The minimum atomic E-state index is -4.89. The van der Waals surface area contributed by atoms with Crippen LogP contribution >= 0.6 is 0 Å². The topological polar surface area (TPSA) is 62.6 Å². The van der Waals surface area contributed by atoms with E-state index in [1.807, 2.05) is 49.1 Å². The molecule has 0 bridgehead atoms. The van der Waals surface area contributed by atoms with Crippen LogP contribution in [0.25, 0.3) is 11.1 Å². The fraction of sp³-hybridized carbons (Fsp3) is 0.286. The van der Waals surface area contributed by atoms with Crippen LogP contribution in [-0.4, -0.2) is 63.2 Å². The standard InChI is InChI=1S/C28H29F4N5O/c1-35(2)13-14-36(3)15-16-37(27(38)34-23-9-12-26(29)25(18-23)28(30,31)32)24-10-7-21(8-11-24)22-6-4-5-20(17-22)19-33/h4-12,17-18H,13-16H2,1-3H3,(H,34,38). The zero-order valence-electron chi connectivity index (χ0n) is 21.4. The molecule has 3 aromatic rings. The van der Waals surface area contributed by atoms with Crippen LogP contribution < -0.4 is 10.2 Å². The average molecular weight is 528 g/mol. The molecule has 200 valence electrons. The van der Waals surface area contributed by atoms with Gasteiger partial charge in [-0.2, -0.15) is 18.4 Å². The fourth-order valence-corrected chi connectivity index (χ4v) is 3.71. The minimum absolute atomic E-state index is 0.167. The first-order chi connectivity index (χ1) is 18.0. The first-order valence-corrected chi connectivity index (χ1v) is 11.9. The smallest absolute Gasteiger partial charge is 0.308 e. The Kier molecular flexibility index (Phi) is 9.45. The van der Waals surface area contributed by atoms with Crippen LogP contribution in [0.4, 0.5) is 33.7 Å². The van der Waals surface area contributed by atoms with Gasteiger partial charge >= 0.3 is 12.2 Å². The minimum Gasteiger partial charge on any atom is -0.308 e. The van der Waals surface area contributed by atoms with Crippen molar-refractivity contribution in [3.63, 3.8) is 0 Å². The number of carbonyl (C=O) groups is 1. The van der Waals surface area contributed by atoms with E-state index in [4.69, 9.17) is 5.26 Å². The molecule has 0 unspecified atom stereocenters. The lowest BCUT2D eigenvalue weighted by atomic mass is 10.0. The van der Waals surface area contributed by atoms with Gasteiger partial charge in [-0.1, -0.05) is 24.3 Å². The maximum atomic E-state index is 13.7. The van der Waals surface area contributed by atoms with Gasteiger partial charge in [0.2, 0.25) is 0 Å². The summed E-state index contributed by atoms with van der Waals surface area (Å²) in [7, 11) is 5.83. The molecule has 38 heavy (non-hydrogen) atoms. The van der Waals surface area contributed by atoms with E-state index in [-0.39, 0.29) is 12.2 Å². The molecule has 10 heteroatoms. The summed E-state index contributed by atoms with van der Waals surface area (Å²) in [5.74, 6) is -1.41. The number of hydrogen-bond acceptors (Lipinski definition) is 4. The Balaban J connectivity index is 1.85. The summed E-state index contributed by atoms with van der Waals surface area (Å²) in [5, 5.41) is 11.6. The molecule has 0 aliphatic rings. The summed E-state index contributed by atoms with van der Waals surface area (Å²) in [6.07, 6.45) is -4.89. The Morgan fingerprint density at radius 2 is 1.58 bits per heavy atom. The van der Waals surface area contributed by atoms with Gasteiger partial charge < -0.3 is 15.1 Å². The summed E-state index contributed by atoms with van der Waals surface area (Å²) in [4.78, 5) is 18.8. The number of carbonyl (C=O) groups excluding carboxylic acids is 1. The number of halogens is 4. The van der Waals surface area contributed by atoms with Gasteiger partial charge in [-0.3, -0.25) is 4.90 Å². The quantitative estimate of drug-likeness (QED) is 0.351. The second-order valence-corrected chi connectivity index (χ2v) is 9.12. The number of nitrogens with one attached hydrogen (secondary N) is 1. The van der Waals surface area contributed by atoms with E-state index in [0.29, 0.717) is 29.9 Å². The van der Waals surface area contributed by atoms with Crippen molar-refractivity contribution in [1.29, 1.82) is 5.26 Å². The highest BCUT2D eigenvalue weighted by molar-refractivity contribution is 6.02. The highest BCUT2D eigenvalue weighted by atomic mass is 19.4. The molecule has 0 saturated heterocycles. The number of nitrogens with zero attached hydrogens (tertiary/aromatic N) is 4. The van der Waals surface area contributed by atoms with Crippen molar-refractivity contribution in [2.75, 3.05) is 57.5 Å². The Labute approximate surface area is 219 Å². The van der Waals surface area contributed by atoms with Crippen LogP contribution in [0, 0.1) is 17.1 Å². The van der Waals surface area contributed by atoms with Gasteiger partial charge in [-0.15, -0.1) is 0 Å². The van der Waals surface area contributed by atoms with E-state index < -0.39 is 23.6 Å². The van der Waals surface area contributed by atoms with Crippen molar-refractivity contribution >= 4 is 17.4 Å². The molecule has 0 saturated carbocycles. The molecule has 3 aromatic carbocycles. The molecule has 0 atom stereocenters. The normalized spacial score (nSPS) is 11.5. The number of likely N-dealkylation sites (N-methyl/N-ethyl adjacent to an activating group) is 2. The van der Waals surface area contributed by atoms with Crippen molar-refractivity contribution in [1.82, 2.24) is 9.80 Å². The maximum Gasteiger partial charge on any atom is 0.419 e. The Morgan fingerprint density at radius 3 is 2.21 bits per heavy atom. The summed E-state index contributed by atoms with van der Waals surface area (Å²) in [6, 6.07) is 18.0. The molecule has 0 spiro atoms. The third-order valence-electron chi connectivity index (χ3n) is 5.91. The van der Waals surface area contributed by atoms with Crippen LogP contribution in [-0.2, 0) is 6.18 Å². The molecular weight excluding hydrogens is 498 g/mol. The van der Waals surface area contributed by atoms with Gasteiger partial charge in [0.25, 0.3) is 0 Å². The van der Waals surface area contributed by atoms with E-state index >= 15 is 0 Å². The zero-order chi connectivity index (χ0) is 27.9. The highest BCUT2D eigenvalue weighted by Crippen LogP contribution is 2.33. The molecule has 2 amide bonds. The van der Waals surface area contributed by atoms with Crippen LogP contribution in [0.15, 0.2) is 66.7 Å². The largest absolute Gasteiger partial charge is 0.419 e. The summed E-state index contributed by atoms with van der Waals surface area (Å²) in [5.41, 5.74) is 1.10. The average Bonchev–Trinajstić information content (AvgIpc) is 2.88. The van der Waals surface area contributed by atoms with Gasteiger partial charge in [0.1, 0.15) is 5.82 Å². The third-order valence-corrected chi connectivity index (χ3v) is 5.91. The molecule has 0 radical (unpaired) electrons. The predicted octanol–water partition coefficient (Wildman–Crippen LogP) is 5.92. The van der Waals surface area contributed by atoms with Gasteiger partial charge in [0, 0.05) is 37.6 Å². The number of amides is 2. The lowest BCUT2D eigenvalue weighted by molar-refractivity contribution is -0.139. The molecule has 0 heterocycles. The van der Waals surface area contributed by atoms with Gasteiger partial charge in [0.05, 0.1) is 17.2 Å². The zero-order valence-corrected chi connectivity index (χ0v) is 21.4. The number of alkyl halides is 3. The summed E-state index contributed by atoms with van der Waals surface area (Å²) < 4.78 is 53.2. The highest BCUT2D eigenvalue weighted by Gasteiger charge is 2.34. The van der Waals surface area contributed by atoms with E-state index in [0.717, 1.165) is 30.3 Å². The SMILES string of the molecule is CN(C)CCN(C)CCN(C(=O)Nc1ccc(F)c(C(F)(F)F)c1)c1ccc(-c2cccc(C#N)c2)cc1. The van der Waals surface area contributed by atoms with Crippen molar-refractivity contribution in [3.05, 3.63) is 83.7 Å². The first kappa shape index (κ1) is 28.6. The number of hydrogen-bond donors (Lipinski definition) is 1. The Bertz CT molecular complexity index is 1290. The van der Waals surface area contributed by atoms with Crippen LogP contribution in [0.2, 0.25) is 0 Å². The molecule has 0 aromatic heterocycles. The molecule has 0 aliphatic carbocycles. The van der Waals surface area contributed by atoms with Crippen LogP contribution in [0.5, 0.6) is 0 Å². The number of anilines is 2. The lowest BCUT2D eigenvalue weighted by Crippen LogP contribution is -2.41. The van der Waals surface area contributed by atoms with Gasteiger partial charge in [-0.05, 0) is 74.7 Å². The number of nitriles is 1. The Morgan fingerprint density at radius 1 is 0.895 bits per heavy atom. The van der Waals surface area contributed by atoms with E-state index in [1.165, 1.54) is 4.90 Å². The third kappa shape index (κ3) is 7.78. The number of urea groups is 1. The molecular formula is C28H29F4N5O. The van der Waals surface area contributed by atoms with Crippen LogP contribution in [0.3, 0.4) is 0 Å². The van der Waals surface area contributed by atoms with Gasteiger partial charge in [0.15, 0.2) is 0 Å². The Hall–Kier alpha value is -3.94. The lowest BCUT2D eigenvalue weighted by Gasteiger charge is -2.27. The molecule has 6 nitrogen and oxygen atoms in total. The molecule has 0 fully saturated rings. The number of rotatable bonds is 9. The van der Waals surface area contributed by atoms with Crippen molar-refractivity contribution in [3.8, 4) is 17.2 Å². The van der Waals surface area contributed by atoms with E-state index in [9.17, 15) is 22.4 Å². The number of benzene rings is 3. The van der Waals surface area contributed by atoms with Crippen molar-refractivity contribution in [2.24, 2.45) is 0 Å². The molecule has 1 N–H and O–H groups in total. The predicted molar refractivity (Wildman–Crippen MR) is 140 cm³/mol. The van der Waals surface area contributed by atoms with E-state index in [2.05, 4.69) is 11.4 Å². The first-order valence-electron chi connectivity index (χ1n) is 11.9. The van der Waals surface area contributed by atoms with Crippen molar-refractivity contribution in [2.45, 2.75) is 6.18 Å². The summed E-state index contributed by atoms with van der Waals surface area (Å²) >= 11 is 0. The van der Waals surface area contributed by atoms with E-state index in [1.54, 1.807) is 30.3 Å².